The normalized spacial score (nSPS) is 24.3. The van der Waals surface area contributed by atoms with Gasteiger partial charge >= 0.3 is 0 Å². The Morgan fingerprint density at radius 1 is 1.15 bits per heavy atom. The van der Waals surface area contributed by atoms with E-state index in [1.165, 1.54) is 24.5 Å². The molecule has 134 valence electrons. The number of halogens is 1. The predicted octanol–water partition coefficient (Wildman–Crippen LogP) is 2.88. The predicted molar refractivity (Wildman–Crippen MR) is 95.0 cm³/mol. The van der Waals surface area contributed by atoms with E-state index in [9.17, 15) is 9.18 Å². The van der Waals surface area contributed by atoms with Gasteiger partial charge in [-0.1, -0.05) is 12.1 Å². The molecule has 7 nitrogen and oxygen atoms in total. The molecular weight excluding hydrogens is 347 g/mol. The summed E-state index contributed by atoms with van der Waals surface area (Å²) in [6.45, 7) is 0.534. The molecule has 3 aliphatic rings. The molecule has 1 aliphatic carbocycles. The summed E-state index contributed by atoms with van der Waals surface area (Å²) in [6, 6.07) is 6.50. The van der Waals surface area contributed by atoms with Gasteiger partial charge in [0, 0.05) is 17.6 Å². The summed E-state index contributed by atoms with van der Waals surface area (Å²) in [5.41, 5.74) is 4.32. The fourth-order valence-corrected chi connectivity index (χ4v) is 4.06. The zero-order chi connectivity index (χ0) is 18.4. The lowest BCUT2D eigenvalue weighted by Crippen LogP contribution is -2.31. The van der Waals surface area contributed by atoms with Crippen molar-refractivity contribution in [3.05, 3.63) is 70.7 Å². The monoisotopic (exact) mass is 362 g/mol. The smallest absolute Gasteiger partial charge is 0.179 e. The second-order valence-electron chi connectivity index (χ2n) is 6.79. The third kappa shape index (κ3) is 2.64. The molecule has 2 aliphatic heterocycles. The van der Waals surface area contributed by atoms with Crippen molar-refractivity contribution in [2.45, 2.75) is 18.3 Å². The van der Waals surface area contributed by atoms with Gasteiger partial charge in [0.05, 0.1) is 23.9 Å². The number of aromatic amines is 1. The largest absolute Gasteiger partial charge is 0.293 e. The number of carbonyl (C=O) groups is 1. The Kier molecular flexibility index (Phi) is 3.63. The number of hydrogen-bond acceptors (Lipinski definition) is 6. The van der Waals surface area contributed by atoms with Crippen LogP contribution in [0.15, 0.2) is 68.7 Å². The molecule has 2 unspecified atom stereocenters. The molecule has 0 fully saturated rings. The minimum absolute atomic E-state index is 0.0150. The van der Waals surface area contributed by atoms with Gasteiger partial charge in [0.15, 0.2) is 5.78 Å². The molecule has 0 bridgehead atoms. The molecular formula is C19H15FN6O. The van der Waals surface area contributed by atoms with Gasteiger partial charge in [-0.25, -0.2) is 9.37 Å². The fourth-order valence-electron chi connectivity index (χ4n) is 4.06. The summed E-state index contributed by atoms with van der Waals surface area (Å²) in [6.07, 6.45) is 3.68. The molecule has 1 aromatic heterocycles. The fraction of sp³-hybridized carbons (Fsp3) is 0.263. The number of allylic oxidation sites excluding steroid dienone is 1. The van der Waals surface area contributed by atoms with Gasteiger partial charge in [-0.3, -0.25) is 14.9 Å². The van der Waals surface area contributed by atoms with Crippen LogP contribution in [0.5, 0.6) is 0 Å². The summed E-state index contributed by atoms with van der Waals surface area (Å²) >= 11 is 0. The van der Waals surface area contributed by atoms with Crippen LogP contribution >= 0.6 is 0 Å². The van der Waals surface area contributed by atoms with Crippen LogP contribution in [0.3, 0.4) is 0 Å². The van der Waals surface area contributed by atoms with Crippen molar-refractivity contribution in [2.24, 2.45) is 15.2 Å². The summed E-state index contributed by atoms with van der Waals surface area (Å²) in [7, 11) is 0. The van der Waals surface area contributed by atoms with Crippen LogP contribution in [-0.2, 0) is 4.79 Å². The van der Waals surface area contributed by atoms with E-state index < -0.39 is 0 Å². The lowest BCUT2D eigenvalue weighted by molar-refractivity contribution is -0.113. The number of nitrogens with zero attached hydrogens (tertiary/aromatic N) is 5. The van der Waals surface area contributed by atoms with Gasteiger partial charge in [0.2, 0.25) is 0 Å². The highest BCUT2D eigenvalue weighted by atomic mass is 19.1. The summed E-state index contributed by atoms with van der Waals surface area (Å²) in [5, 5.41) is 15.3. The Morgan fingerprint density at radius 2 is 2.00 bits per heavy atom. The van der Waals surface area contributed by atoms with Crippen LogP contribution in [0.1, 0.15) is 29.6 Å². The Balaban J connectivity index is 1.71. The Bertz CT molecular complexity index is 1030. The van der Waals surface area contributed by atoms with Crippen LogP contribution in [0.25, 0.3) is 0 Å². The second kappa shape index (κ2) is 6.15. The van der Waals surface area contributed by atoms with Crippen LogP contribution < -0.4 is 0 Å². The third-order valence-electron chi connectivity index (χ3n) is 5.20. The van der Waals surface area contributed by atoms with E-state index in [-0.39, 0.29) is 30.0 Å². The first-order valence-electron chi connectivity index (χ1n) is 8.70. The molecule has 0 amide bonds. The minimum Gasteiger partial charge on any atom is -0.293 e. The molecule has 2 aromatic rings. The van der Waals surface area contributed by atoms with Gasteiger partial charge in [-0.05, 0) is 29.7 Å². The van der Waals surface area contributed by atoms with Gasteiger partial charge in [-0.15, -0.1) is 0 Å². The number of azo groups is 1. The molecule has 1 aromatic carbocycles. The third-order valence-corrected chi connectivity index (χ3v) is 5.20. The average Bonchev–Trinajstić information content (AvgIpc) is 3.14. The van der Waals surface area contributed by atoms with Crippen molar-refractivity contribution in [2.75, 3.05) is 13.1 Å². The average molecular weight is 362 g/mol. The number of aromatic nitrogens is 3. The number of nitrogens with one attached hydrogen (secondary N) is 1. The van der Waals surface area contributed by atoms with Crippen molar-refractivity contribution in [1.82, 2.24) is 15.2 Å². The summed E-state index contributed by atoms with van der Waals surface area (Å²) < 4.78 is 13.5. The van der Waals surface area contributed by atoms with E-state index in [0.29, 0.717) is 24.5 Å². The maximum absolute atomic E-state index is 13.5. The minimum atomic E-state index is -0.278. The molecule has 8 heteroatoms. The number of H-pyrrole nitrogens is 1. The highest BCUT2D eigenvalue weighted by molar-refractivity contribution is 6.13. The second-order valence-corrected chi connectivity index (χ2v) is 6.79. The first-order chi connectivity index (χ1) is 13.2. The van der Waals surface area contributed by atoms with Crippen molar-refractivity contribution < 1.29 is 9.18 Å². The van der Waals surface area contributed by atoms with Crippen LogP contribution in [0.2, 0.25) is 0 Å². The Hall–Kier alpha value is -3.29. The molecule has 0 radical (unpaired) electrons. The molecule has 3 heterocycles. The zero-order valence-electron chi connectivity index (χ0n) is 14.3. The number of carbonyl (C=O) groups excluding carboxylic acids is 1. The Labute approximate surface area is 153 Å². The number of hydrogen-bond donors (Lipinski definition) is 1. The van der Waals surface area contributed by atoms with Crippen molar-refractivity contribution in [1.29, 1.82) is 0 Å². The topological polar surface area (TPSA) is 95.7 Å². The van der Waals surface area contributed by atoms with Crippen molar-refractivity contribution in [3.63, 3.8) is 0 Å². The maximum Gasteiger partial charge on any atom is 0.179 e. The summed E-state index contributed by atoms with van der Waals surface area (Å²) in [5.74, 6) is 0.0537. The first kappa shape index (κ1) is 15.9. The van der Waals surface area contributed by atoms with Gasteiger partial charge in [-0.2, -0.15) is 15.3 Å². The van der Waals surface area contributed by atoms with Gasteiger partial charge in [0.25, 0.3) is 0 Å². The van der Waals surface area contributed by atoms with Crippen LogP contribution in [0, 0.1) is 5.82 Å². The molecule has 5 rings (SSSR count). The van der Waals surface area contributed by atoms with E-state index in [2.05, 4.69) is 30.4 Å². The van der Waals surface area contributed by atoms with Crippen LogP contribution in [0.4, 0.5) is 4.39 Å². The number of aliphatic imine (C=N–C) groups is 1. The van der Waals surface area contributed by atoms with Crippen molar-refractivity contribution in [3.8, 4) is 0 Å². The van der Waals surface area contributed by atoms with E-state index in [4.69, 9.17) is 0 Å². The van der Waals surface area contributed by atoms with Gasteiger partial charge < -0.3 is 0 Å². The first-order valence-corrected chi connectivity index (χ1v) is 8.70. The summed E-state index contributed by atoms with van der Waals surface area (Å²) in [4.78, 5) is 21.1. The number of ketones is 1. The molecule has 27 heavy (non-hydrogen) atoms. The molecule has 1 N–H and O–H groups in total. The lowest BCUT2D eigenvalue weighted by Gasteiger charge is -2.35. The van der Waals surface area contributed by atoms with Crippen LogP contribution in [-0.4, -0.2) is 39.8 Å². The van der Waals surface area contributed by atoms with Crippen molar-refractivity contribution >= 4 is 11.5 Å². The highest BCUT2D eigenvalue weighted by Gasteiger charge is 2.41. The maximum atomic E-state index is 13.5. The molecule has 0 spiro atoms. The standard InChI is InChI=1S/C19H15FN6O/c20-12-3-1-10(2-4-12)14-5-11-7-23-25-15-6-13(27)8-21-18(16(11)15)17(14)19-22-9-24-26-19/h1-4,6,9,14,17H,5,7-8H2,(H,22,24,26). The zero-order valence-corrected chi connectivity index (χ0v) is 14.3. The SMILES string of the molecule is O=C1C=C2N=NCC3=C2C(=NC1)C(c1ncn[nH]1)C(c1ccc(F)cc1)C3. The van der Waals surface area contributed by atoms with E-state index in [0.717, 1.165) is 22.4 Å². The number of rotatable bonds is 2. The van der Waals surface area contributed by atoms with Gasteiger partial charge in [0.1, 0.15) is 24.5 Å². The Morgan fingerprint density at radius 3 is 2.78 bits per heavy atom. The van der Waals surface area contributed by atoms with E-state index in [1.54, 1.807) is 12.1 Å². The molecule has 2 atom stereocenters. The molecule has 0 saturated heterocycles. The lowest BCUT2D eigenvalue weighted by atomic mass is 9.70. The molecule has 0 saturated carbocycles. The quantitative estimate of drug-likeness (QED) is 0.890. The van der Waals surface area contributed by atoms with E-state index in [1.807, 2.05) is 0 Å². The number of benzene rings is 1. The van der Waals surface area contributed by atoms with E-state index >= 15 is 0 Å². The highest BCUT2D eigenvalue weighted by Crippen LogP contribution is 2.47.